The molecule has 11 nitrogen and oxygen atoms in total. The Bertz CT molecular complexity index is 1430. The molecule has 1 saturated carbocycles. The molecule has 1 aliphatic carbocycles. The second kappa shape index (κ2) is 8.76. The summed E-state index contributed by atoms with van der Waals surface area (Å²) < 4.78 is 62.6. The number of hydrogen-bond acceptors (Lipinski definition) is 7. The van der Waals surface area contributed by atoms with Crippen LogP contribution < -0.4 is 21.5 Å². The fourth-order valence-electron chi connectivity index (χ4n) is 3.35. The third-order valence-electron chi connectivity index (χ3n) is 5.10. The fourth-order valence-corrected chi connectivity index (χ4v) is 3.35. The van der Waals surface area contributed by atoms with Gasteiger partial charge in [0.25, 0.3) is 11.5 Å². The topological polar surface area (TPSA) is 136 Å². The van der Waals surface area contributed by atoms with Crippen molar-refractivity contribution in [1.82, 2.24) is 29.9 Å². The monoisotopic (exact) mass is 481 g/mol. The number of anilines is 3. The number of fused-ring (bicyclic) bond motifs is 1. The number of alkyl halides is 3. The van der Waals surface area contributed by atoms with Gasteiger partial charge >= 0.3 is 6.18 Å². The summed E-state index contributed by atoms with van der Waals surface area (Å²) in [5.41, 5.74) is -1.46. The van der Waals surface area contributed by atoms with E-state index < -0.39 is 36.9 Å². The molecule has 3 heterocycles. The third-order valence-corrected chi connectivity index (χ3v) is 5.10. The zero-order valence-corrected chi connectivity index (χ0v) is 17.7. The molecular formula is C20H21F3N8O3. The van der Waals surface area contributed by atoms with E-state index in [1.54, 1.807) is 12.2 Å². The van der Waals surface area contributed by atoms with Crippen LogP contribution in [0.3, 0.4) is 0 Å². The van der Waals surface area contributed by atoms with Gasteiger partial charge in [-0.25, -0.2) is 0 Å². The highest BCUT2D eigenvalue weighted by Crippen LogP contribution is 2.31. The van der Waals surface area contributed by atoms with Crippen molar-refractivity contribution in [2.24, 2.45) is 5.92 Å². The van der Waals surface area contributed by atoms with Crippen molar-refractivity contribution in [2.75, 3.05) is 17.6 Å². The molecule has 0 unspecified atom stereocenters. The Balaban J connectivity index is 1.80. The zero-order chi connectivity index (χ0) is 27.1. The first-order valence-electron chi connectivity index (χ1n) is 11.7. The summed E-state index contributed by atoms with van der Waals surface area (Å²) in [5.74, 6) is -1.93. The van der Waals surface area contributed by atoms with Crippen LogP contribution in [0.2, 0.25) is 0 Å². The van der Waals surface area contributed by atoms with Gasteiger partial charge < -0.3 is 20.5 Å². The van der Waals surface area contributed by atoms with Crippen LogP contribution >= 0.6 is 0 Å². The maximum atomic E-state index is 13.0. The molecule has 1 fully saturated rings. The van der Waals surface area contributed by atoms with E-state index in [9.17, 15) is 27.6 Å². The van der Waals surface area contributed by atoms with Gasteiger partial charge in [0.1, 0.15) is 11.9 Å². The Kier molecular flexibility index (Phi) is 5.02. The minimum Gasteiger partial charge on any atom is -0.354 e. The molecule has 3 aromatic rings. The number of nitrogens with zero attached hydrogens (tertiary/aromatic N) is 5. The number of carbonyl (C=O) groups is 2. The number of carbonyl (C=O) groups excluding carboxylic acids is 2. The summed E-state index contributed by atoms with van der Waals surface area (Å²) >= 11 is 0. The summed E-state index contributed by atoms with van der Waals surface area (Å²) in [6.07, 6.45) is -2.25. The second-order valence-electron chi connectivity index (χ2n) is 7.62. The highest BCUT2D eigenvalue weighted by atomic mass is 19.4. The molecule has 180 valence electrons. The maximum Gasteiger partial charge on any atom is 0.406 e. The van der Waals surface area contributed by atoms with Gasteiger partial charge in [0.15, 0.2) is 17.3 Å². The van der Waals surface area contributed by atoms with Crippen molar-refractivity contribution in [3.63, 3.8) is 0 Å². The summed E-state index contributed by atoms with van der Waals surface area (Å²) in [5, 5.41) is 18.5. The van der Waals surface area contributed by atoms with E-state index in [2.05, 4.69) is 25.9 Å². The van der Waals surface area contributed by atoms with Gasteiger partial charge in [-0.1, -0.05) is 0 Å². The molecular weight excluding hydrogens is 457 g/mol. The van der Waals surface area contributed by atoms with E-state index in [0.29, 0.717) is 17.4 Å². The Labute approximate surface area is 194 Å². The lowest BCUT2D eigenvalue weighted by Crippen LogP contribution is -2.27. The summed E-state index contributed by atoms with van der Waals surface area (Å²) in [7, 11) is 0. The first-order chi connectivity index (χ1) is 17.3. The number of nitrogens with one attached hydrogen (secondary N) is 3. The Morgan fingerprint density at radius 3 is 2.71 bits per heavy atom. The van der Waals surface area contributed by atoms with Gasteiger partial charge in [-0.15, -0.1) is 10.2 Å². The number of aryl methyl sites for hydroxylation is 1. The van der Waals surface area contributed by atoms with Crippen LogP contribution in [0.15, 0.2) is 23.1 Å². The lowest BCUT2D eigenvalue weighted by Gasteiger charge is -2.11. The molecule has 0 spiro atoms. The lowest BCUT2D eigenvalue weighted by atomic mass is 10.2. The van der Waals surface area contributed by atoms with Crippen molar-refractivity contribution in [2.45, 2.75) is 39.0 Å². The normalized spacial score (nSPS) is 15.4. The van der Waals surface area contributed by atoms with E-state index in [0.717, 1.165) is 6.20 Å². The first kappa shape index (κ1) is 19.5. The fraction of sp³-hybridized carbons (Fsp3) is 0.400. The quantitative estimate of drug-likeness (QED) is 0.470. The average Bonchev–Trinajstić information content (AvgIpc) is 3.56. The summed E-state index contributed by atoms with van der Waals surface area (Å²) in [6.45, 7) is -2.44. The van der Waals surface area contributed by atoms with Crippen molar-refractivity contribution in [3.8, 4) is 0 Å². The minimum atomic E-state index is -4.66. The van der Waals surface area contributed by atoms with Gasteiger partial charge in [0, 0.05) is 35.8 Å². The Hall–Kier alpha value is -3.97. The molecule has 2 amide bonds. The smallest absolute Gasteiger partial charge is 0.354 e. The summed E-state index contributed by atoms with van der Waals surface area (Å²) in [6, 6.07) is 2.49. The van der Waals surface area contributed by atoms with Gasteiger partial charge in [0.2, 0.25) is 5.91 Å². The van der Waals surface area contributed by atoms with Gasteiger partial charge in [-0.3, -0.25) is 19.1 Å². The van der Waals surface area contributed by atoms with Crippen LogP contribution in [0.25, 0.3) is 10.9 Å². The zero-order valence-electron chi connectivity index (χ0n) is 20.7. The van der Waals surface area contributed by atoms with Crippen LogP contribution in [0, 0.1) is 5.92 Å². The molecule has 14 heteroatoms. The number of pyridine rings is 1. The molecule has 0 bridgehead atoms. The molecule has 0 saturated heterocycles. The highest BCUT2D eigenvalue weighted by Gasteiger charge is 2.31. The van der Waals surface area contributed by atoms with Crippen LogP contribution in [0.5, 0.6) is 0 Å². The number of hydrogen-bond donors (Lipinski definition) is 3. The van der Waals surface area contributed by atoms with Crippen molar-refractivity contribution in [1.29, 1.82) is 0 Å². The van der Waals surface area contributed by atoms with Crippen LogP contribution in [-0.2, 0) is 17.9 Å². The van der Waals surface area contributed by atoms with Gasteiger partial charge in [-0.05, 0) is 25.8 Å². The van der Waals surface area contributed by atoms with Crippen LogP contribution in [0.4, 0.5) is 30.5 Å². The molecule has 1 aliphatic rings. The number of amides is 2. The molecule has 0 atom stereocenters. The molecule has 34 heavy (non-hydrogen) atoms. The molecule has 0 radical (unpaired) electrons. The predicted molar refractivity (Wildman–Crippen MR) is 116 cm³/mol. The van der Waals surface area contributed by atoms with Crippen LogP contribution in [-0.4, -0.2) is 49.5 Å². The van der Waals surface area contributed by atoms with E-state index in [1.807, 2.05) is 0 Å². The van der Waals surface area contributed by atoms with E-state index >= 15 is 0 Å². The highest BCUT2D eigenvalue weighted by molar-refractivity contribution is 6.01. The third kappa shape index (κ3) is 4.70. The molecule has 0 aromatic carbocycles. The van der Waals surface area contributed by atoms with Crippen molar-refractivity contribution < 1.29 is 26.9 Å². The van der Waals surface area contributed by atoms with Crippen molar-refractivity contribution >= 4 is 40.0 Å². The van der Waals surface area contributed by atoms with Crippen molar-refractivity contribution in [3.05, 3.63) is 34.4 Å². The number of rotatable bonds is 7. The van der Waals surface area contributed by atoms with Gasteiger partial charge in [0.05, 0.1) is 11.2 Å². The largest absolute Gasteiger partial charge is 0.406 e. The molecule has 3 aromatic heterocycles. The minimum absolute atomic E-state index is 0.0708. The Morgan fingerprint density at radius 1 is 1.29 bits per heavy atom. The van der Waals surface area contributed by atoms with E-state index in [1.165, 1.54) is 16.8 Å². The van der Waals surface area contributed by atoms with Crippen LogP contribution in [0.1, 0.15) is 34.4 Å². The predicted octanol–water partition coefficient (Wildman–Crippen LogP) is 2.02. The van der Waals surface area contributed by atoms with E-state index in [4.69, 9.17) is 4.11 Å². The lowest BCUT2D eigenvalue weighted by molar-refractivity contribution is -0.141. The average molecular weight is 481 g/mol. The van der Waals surface area contributed by atoms with Gasteiger partial charge in [-0.2, -0.15) is 18.3 Å². The first-order valence-corrected chi connectivity index (χ1v) is 10.2. The molecule has 0 aliphatic heterocycles. The standard InChI is InChI=1S/C20H21F3N8O3/c1-3-31-12-6-7-30(9-20(21,22)23)19(34)14(12)16(29-31)25-11-8-13(26-17(32)10-4-5-10)27-28-15(11)18(33)24-2/h6-8,10H,3-5,9H2,1-2H3,(H,24,33)(H2,25,26,27,29,32)/i2D3. The van der Waals surface area contributed by atoms with E-state index in [-0.39, 0.29) is 46.6 Å². The summed E-state index contributed by atoms with van der Waals surface area (Å²) in [4.78, 5) is 37.7. The number of aromatic nitrogens is 5. The maximum absolute atomic E-state index is 13.0. The Morgan fingerprint density at radius 2 is 2.06 bits per heavy atom. The molecule has 4 rings (SSSR count). The second-order valence-corrected chi connectivity index (χ2v) is 7.62. The number of halogens is 3. The SMILES string of the molecule is [2H]C([2H])([2H])NC(=O)c1nnc(NC(=O)C2CC2)cc1Nc1nn(CC)c2ccn(CC(F)(F)F)c(=O)c12. The molecule has 3 N–H and O–H groups in total.